The standard InChI is InChI=1S/C25H15ClO6/c26-14-11-9-13(10-12-14)19(20-22(27)15-5-1-3-7-17(15)31-24(20)29)21-23(28)16-6-2-4-8-18(16)32-25(21)30/h1-12,19,27-28H. The van der Waals surface area contributed by atoms with Crippen LogP contribution in [0.2, 0.25) is 5.02 Å². The quantitative estimate of drug-likeness (QED) is 0.372. The van der Waals surface area contributed by atoms with E-state index in [4.69, 9.17) is 20.4 Å². The number of rotatable bonds is 3. The average molecular weight is 447 g/mol. The molecule has 0 saturated heterocycles. The van der Waals surface area contributed by atoms with E-state index in [1.807, 2.05) is 0 Å². The Morgan fingerprint density at radius 1 is 0.656 bits per heavy atom. The number of hydrogen-bond donors (Lipinski definition) is 2. The minimum absolute atomic E-state index is 0.191. The molecule has 0 aliphatic rings. The van der Waals surface area contributed by atoms with Crippen LogP contribution < -0.4 is 11.3 Å². The van der Waals surface area contributed by atoms with Gasteiger partial charge >= 0.3 is 11.3 Å². The fourth-order valence-electron chi connectivity index (χ4n) is 3.94. The summed E-state index contributed by atoms with van der Waals surface area (Å²) in [5.74, 6) is -1.86. The first-order chi connectivity index (χ1) is 15.5. The zero-order valence-corrected chi connectivity index (χ0v) is 17.2. The molecule has 0 unspecified atom stereocenters. The fraction of sp³-hybridized carbons (Fsp3) is 0.0400. The molecule has 0 bridgehead atoms. The number of benzene rings is 3. The third kappa shape index (κ3) is 3.13. The molecule has 0 saturated carbocycles. The highest BCUT2D eigenvalue weighted by Gasteiger charge is 2.32. The van der Waals surface area contributed by atoms with Crippen molar-refractivity contribution in [3.8, 4) is 11.5 Å². The number of halogens is 1. The number of hydrogen-bond acceptors (Lipinski definition) is 6. The molecule has 2 N–H and O–H groups in total. The minimum Gasteiger partial charge on any atom is -0.507 e. The van der Waals surface area contributed by atoms with E-state index in [1.165, 1.54) is 0 Å². The van der Waals surface area contributed by atoms with Crippen molar-refractivity contribution in [3.63, 3.8) is 0 Å². The lowest BCUT2D eigenvalue weighted by atomic mass is 9.84. The van der Waals surface area contributed by atoms with Gasteiger partial charge in [0.15, 0.2) is 0 Å². The smallest absolute Gasteiger partial charge is 0.344 e. The summed E-state index contributed by atoms with van der Waals surface area (Å²) in [6, 6.07) is 19.4. The number of fused-ring (bicyclic) bond motifs is 2. The van der Waals surface area contributed by atoms with Crippen LogP contribution in [0.15, 0.2) is 91.2 Å². The van der Waals surface area contributed by atoms with Gasteiger partial charge in [0.1, 0.15) is 22.7 Å². The molecule has 5 aromatic rings. The molecule has 0 amide bonds. The first kappa shape index (κ1) is 19.9. The van der Waals surface area contributed by atoms with Crippen molar-refractivity contribution in [2.24, 2.45) is 0 Å². The molecule has 0 aliphatic carbocycles. The van der Waals surface area contributed by atoms with Gasteiger partial charge in [-0.1, -0.05) is 48.0 Å². The van der Waals surface area contributed by atoms with Crippen molar-refractivity contribution in [2.75, 3.05) is 0 Å². The van der Waals surface area contributed by atoms with Crippen LogP contribution in [-0.4, -0.2) is 10.2 Å². The van der Waals surface area contributed by atoms with Crippen LogP contribution in [0.1, 0.15) is 22.6 Å². The molecule has 0 radical (unpaired) electrons. The fourth-order valence-corrected chi connectivity index (χ4v) is 4.06. The van der Waals surface area contributed by atoms with Crippen molar-refractivity contribution in [1.29, 1.82) is 0 Å². The summed E-state index contributed by atoms with van der Waals surface area (Å²) >= 11 is 6.03. The maximum atomic E-state index is 13.0. The third-order valence-electron chi connectivity index (χ3n) is 5.42. The topological polar surface area (TPSA) is 101 Å². The Morgan fingerprint density at radius 3 is 1.56 bits per heavy atom. The lowest BCUT2D eigenvalue weighted by molar-refractivity contribution is 0.441. The van der Waals surface area contributed by atoms with Crippen LogP contribution in [0.3, 0.4) is 0 Å². The lowest BCUT2D eigenvalue weighted by Crippen LogP contribution is -2.21. The van der Waals surface area contributed by atoms with E-state index in [0.29, 0.717) is 21.4 Å². The van der Waals surface area contributed by atoms with Gasteiger partial charge in [-0.2, -0.15) is 0 Å². The molecular weight excluding hydrogens is 432 g/mol. The maximum Gasteiger partial charge on any atom is 0.344 e. The predicted molar refractivity (Wildman–Crippen MR) is 121 cm³/mol. The van der Waals surface area contributed by atoms with Crippen LogP contribution in [0.5, 0.6) is 11.5 Å². The van der Waals surface area contributed by atoms with E-state index < -0.39 is 17.2 Å². The minimum atomic E-state index is -1.17. The predicted octanol–water partition coefficient (Wildman–Crippen LogP) is 5.14. The molecule has 5 rings (SSSR count). The SMILES string of the molecule is O=c1oc2ccccc2c(O)c1C(c1ccc(Cl)cc1)c1c(O)c2ccccc2oc1=O. The monoisotopic (exact) mass is 446 g/mol. The molecule has 32 heavy (non-hydrogen) atoms. The van der Waals surface area contributed by atoms with Gasteiger partial charge in [-0.25, -0.2) is 9.59 Å². The lowest BCUT2D eigenvalue weighted by Gasteiger charge is -2.19. The summed E-state index contributed by atoms with van der Waals surface area (Å²) in [5, 5.41) is 23.2. The van der Waals surface area contributed by atoms with Gasteiger partial charge in [-0.05, 0) is 42.0 Å². The molecule has 0 spiro atoms. The van der Waals surface area contributed by atoms with E-state index >= 15 is 0 Å². The van der Waals surface area contributed by atoms with E-state index in [1.54, 1.807) is 72.8 Å². The van der Waals surface area contributed by atoms with Crippen molar-refractivity contribution >= 4 is 33.5 Å². The molecular formula is C25H15ClO6. The summed E-state index contributed by atoms with van der Waals surface area (Å²) < 4.78 is 10.9. The highest BCUT2D eigenvalue weighted by molar-refractivity contribution is 6.30. The van der Waals surface area contributed by atoms with E-state index in [9.17, 15) is 19.8 Å². The number of aromatic hydroxyl groups is 2. The molecule has 0 atom stereocenters. The first-order valence-electron chi connectivity index (χ1n) is 9.70. The van der Waals surface area contributed by atoms with Crippen LogP contribution >= 0.6 is 11.6 Å². The summed E-state index contributed by atoms with van der Waals surface area (Å²) in [5.41, 5.74) is -1.23. The molecule has 0 aliphatic heterocycles. The molecule has 158 valence electrons. The Bertz CT molecular complexity index is 1500. The largest absolute Gasteiger partial charge is 0.507 e. The van der Waals surface area contributed by atoms with Gasteiger partial charge in [-0.3, -0.25) is 0 Å². The molecule has 2 aromatic heterocycles. The summed E-state index contributed by atoms with van der Waals surface area (Å²) in [4.78, 5) is 26.1. The second-order valence-corrected chi connectivity index (χ2v) is 7.72. The van der Waals surface area contributed by atoms with Crippen molar-refractivity contribution in [3.05, 3.63) is 115 Å². The second-order valence-electron chi connectivity index (χ2n) is 7.28. The van der Waals surface area contributed by atoms with Crippen LogP contribution in [0.25, 0.3) is 21.9 Å². The van der Waals surface area contributed by atoms with Crippen LogP contribution in [0, 0.1) is 0 Å². The Morgan fingerprint density at radius 2 is 1.09 bits per heavy atom. The highest BCUT2D eigenvalue weighted by atomic mass is 35.5. The summed E-state index contributed by atoms with van der Waals surface area (Å²) in [6.45, 7) is 0. The molecule has 3 aromatic carbocycles. The zero-order chi connectivity index (χ0) is 22.4. The summed E-state index contributed by atoms with van der Waals surface area (Å²) in [7, 11) is 0. The number of para-hydroxylation sites is 2. The van der Waals surface area contributed by atoms with Gasteiger partial charge in [0, 0.05) is 5.02 Å². The van der Waals surface area contributed by atoms with Gasteiger partial charge < -0.3 is 19.0 Å². The highest BCUT2D eigenvalue weighted by Crippen LogP contribution is 2.41. The van der Waals surface area contributed by atoms with Crippen LogP contribution in [0.4, 0.5) is 0 Å². The zero-order valence-electron chi connectivity index (χ0n) is 16.4. The van der Waals surface area contributed by atoms with Gasteiger partial charge in [0.25, 0.3) is 0 Å². The average Bonchev–Trinajstić information content (AvgIpc) is 2.78. The molecule has 6 nitrogen and oxygen atoms in total. The molecule has 7 heteroatoms. The Hall–Kier alpha value is -4.03. The van der Waals surface area contributed by atoms with Gasteiger partial charge in [0.2, 0.25) is 0 Å². The van der Waals surface area contributed by atoms with Gasteiger partial charge in [0.05, 0.1) is 27.8 Å². The third-order valence-corrected chi connectivity index (χ3v) is 5.67. The Labute approximate surface area is 185 Å². The maximum absolute atomic E-state index is 13.0. The van der Waals surface area contributed by atoms with E-state index in [2.05, 4.69) is 0 Å². The first-order valence-corrected chi connectivity index (χ1v) is 10.1. The summed E-state index contributed by atoms with van der Waals surface area (Å²) in [6.07, 6.45) is 0. The van der Waals surface area contributed by atoms with Gasteiger partial charge in [-0.15, -0.1) is 0 Å². The second kappa shape index (κ2) is 7.59. The molecule has 2 heterocycles. The van der Waals surface area contributed by atoms with Crippen molar-refractivity contribution < 1.29 is 19.0 Å². The van der Waals surface area contributed by atoms with Crippen molar-refractivity contribution in [2.45, 2.75) is 5.92 Å². The normalized spacial score (nSPS) is 11.4. The van der Waals surface area contributed by atoms with Crippen molar-refractivity contribution in [1.82, 2.24) is 0 Å². The molecule has 0 fully saturated rings. The Kier molecular flexibility index (Phi) is 4.72. The van der Waals surface area contributed by atoms with E-state index in [0.717, 1.165) is 0 Å². The van der Waals surface area contributed by atoms with E-state index in [-0.39, 0.29) is 33.8 Å². The van der Waals surface area contributed by atoms with Crippen LogP contribution in [-0.2, 0) is 0 Å². The Balaban J connectivity index is 1.91.